The lowest BCUT2D eigenvalue weighted by Gasteiger charge is -2.26. The van der Waals surface area contributed by atoms with Crippen LogP contribution in [0, 0.1) is 13.8 Å². The quantitative estimate of drug-likeness (QED) is 0.254. The van der Waals surface area contributed by atoms with Crippen LogP contribution < -0.4 is 15.5 Å². The van der Waals surface area contributed by atoms with E-state index >= 15 is 0 Å². The Hall–Kier alpha value is -3.66. The molecule has 0 unspecified atom stereocenters. The molecule has 3 heterocycles. The maximum Gasteiger partial charge on any atom is 0.250 e. The van der Waals surface area contributed by atoms with Crippen LogP contribution in [0.4, 0.5) is 11.4 Å². The molecular weight excluding hydrogens is 516 g/mol. The molecule has 0 aliphatic carbocycles. The first-order chi connectivity index (χ1) is 18.4. The molecule has 2 N–H and O–H groups in total. The fourth-order valence-corrected chi connectivity index (χ4v) is 5.57. The van der Waals surface area contributed by atoms with Gasteiger partial charge in [-0.25, -0.2) is 0 Å². The van der Waals surface area contributed by atoms with Crippen LogP contribution in [-0.2, 0) is 9.53 Å². The zero-order valence-electron chi connectivity index (χ0n) is 21.3. The average molecular weight is 545 g/mol. The van der Waals surface area contributed by atoms with Crippen molar-refractivity contribution in [1.82, 2.24) is 10.3 Å². The molecule has 194 valence electrons. The van der Waals surface area contributed by atoms with Gasteiger partial charge in [0.05, 0.1) is 11.7 Å². The highest BCUT2D eigenvalue weighted by Gasteiger charge is 2.42. The van der Waals surface area contributed by atoms with Gasteiger partial charge < -0.3 is 24.7 Å². The summed E-state index contributed by atoms with van der Waals surface area (Å²) in [7, 11) is 1.49. The van der Waals surface area contributed by atoms with Gasteiger partial charge in [-0.3, -0.25) is 9.78 Å². The third kappa shape index (κ3) is 5.60. The number of aryl methyl sites for hydroxylation is 2. The van der Waals surface area contributed by atoms with Gasteiger partial charge in [0.15, 0.2) is 10.2 Å². The van der Waals surface area contributed by atoms with E-state index < -0.39 is 0 Å². The molecule has 9 heteroatoms. The zero-order chi connectivity index (χ0) is 26.6. The van der Waals surface area contributed by atoms with Gasteiger partial charge in [-0.2, -0.15) is 0 Å². The van der Waals surface area contributed by atoms with E-state index in [4.69, 9.17) is 21.4 Å². The number of nitrogens with zero attached hydrogens (tertiary/aromatic N) is 2. The molecule has 2 aromatic carbocycles. The summed E-state index contributed by atoms with van der Waals surface area (Å²) >= 11 is 7.42. The third-order valence-corrected chi connectivity index (χ3v) is 7.51. The van der Waals surface area contributed by atoms with E-state index in [9.17, 15) is 4.79 Å². The lowest BCUT2D eigenvalue weighted by atomic mass is 10.0. The van der Waals surface area contributed by atoms with E-state index in [1.807, 2.05) is 55.5 Å². The molecule has 0 spiro atoms. The van der Waals surface area contributed by atoms with Crippen LogP contribution in [-0.4, -0.2) is 29.7 Å². The molecule has 1 aliphatic rings. The fourth-order valence-electron chi connectivity index (χ4n) is 4.45. The number of pyridine rings is 1. The summed E-state index contributed by atoms with van der Waals surface area (Å²) in [5.41, 5.74) is 4.60. The van der Waals surface area contributed by atoms with Crippen molar-refractivity contribution in [3.63, 3.8) is 0 Å². The maximum atomic E-state index is 12.0. The van der Waals surface area contributed by atoms with Crippen molar-refractivity contribution in [2.24, 2.45) is 0 Å². The van der Waals surface area contributed by atoms with Crippen LogP contribution in [0.5, 0.6) is 0 Å². The highest BCUT2D eigenvalue weighted by atomic mass is 32.2. The molecule has 0 radical (unpaired) electrons. The van der Waals surface area contributed by atoms with E-state index in [1.165, 1.54) is 12.7 Å². The number of rotatable bonds is 8. The van der Waals surface area contributed by atoms with Gasteiger partial charge in [0.1, 0.15) is 18.4 Å². The summed E-state index contributed by atoms with van der Waals surface area (Å²) in [4.78, 5) is 19.8. The van der Waals surface area contributed by atoms with E-state index in [0.29, 0.717) is 5.11 Å². The zero-order valence-corrected chi connectivity index (χ0v) is 22.9. The number of furan rings is 1. The van der Waals surface area contributed by atoms with Crippen molar-refractivity contribution in [3.05, 3.63) is 102 Å². The highest BCUT2D eigenvalue weighted by molar-refractivity contribution is 7.99. The minimum atomic E-state index is -0.266. The fraction of sp³-hybridized carbons (Fsp3) is 0.207. The van der Waals surface area contributed by atoms with E-state index in [2.05, 4.69) is 51.7 Å². The van der Waals surface area contributed by atoms with E-state index in [1.54, 1.807) is 18.0 Å². The summed E-state index contributed by atoms with van der Waals surface area (Å²) in [5, 5.41) is 7.72. The van der Waals surface area contributed by atoms with Gasteiger partial charge in [-0.15, -0.1) is 0 Å². The van der Waals surface area contributed by atoms with Crippen LogP contribution in [0.2, 0.25) is 0 Å². The summed E-state index contributed by atoms with van der Waals surface area (Å²) in [6.45, 7) is 4.02. The van der Waals surface area contributed by atoms with Crippen LogP contribution in [0.15, 0.2) is 93.4 Å². The number of hydrogen-bond acceptors (Lipinski definition) is 6. The predicted octanol–water partition coefficient (Wildman–Crippen LogP) is 6.20. The SMILES string of the molecule is COCC(=O)Nc1ccc(N2C(=S)N[C@H](c3ccccn3)[C@@H]2c2ccc(Sc3ccc(C)cc3)o2)cc1C. The number of hydrogen-bond donors (Lipinski definition) is 2. The number of carbonyl (C=O) groups excluding carboxylic acids is 1. The van der Waals surface area contributed by atoms with E-state index in [0.717, 1.165) is 38.4 Å². The van der Waals surface area contributed by atoms with Crippen LogP contribution in [0.1, 0.15) is 34.7 Å². The Morgan fingerprint density at radius 2 is 1.95 bits per heavy atom. The van der Waals surface area contributed by atoms with Gasteiger partial charge in [-0.1, -0.05) is 35.5 Å². The topological polar surface area (TPSA) is 79.6 Å². The number of carbonyl (C=O) groups is 1. The number of amides is 1. The minimum absolute atomic E-state index is 0.00339. The Kier molecular flexibility index (Phi) is 7.78. The Morgan fingerprint density at radius 1 is 1.13 bits per heavy atom. The van der Waals surface area contributed by atoms with Crippen LogP contribution in [0.3, 0.4) is 0 Å². The minimum Gasteiger partial charge on any atom is -0.452 e. The number of benzene rings is 2. The number of thiocarbonyl (C=S) groups is 1. The Bertz CT molecular complexity index is 1440. The highest BCUT2D eigenvalue weighted by Crippen LogP contribution is 2.44. The first-order valence-electron chi connectivity index (χ1n) is 12.2. The molecular formula is C29H28N4O3S2. The van der Waals surface area contributed by atoms with E-state index in [-0.39, 0.29) is 24.6 Å². The summed E-state index contributed by atoms with van der Waals surface area (Å²) in [5.74, 6) is 0.571. The number of nitrogens with one attached hydrogen (secondary N) is 2. The number of aromatic nitrogens is 1. The summed E-state index contributed by atoms with van der Waals surface area (Å²) in [6, 6.07) is 23.6. The normalized spacial score (nSPS) is 16.9. The molecule has 0 bridgehead atoms. The van der Waals surface area contributed by atoms with Gasteiger partial charge in [0.2, 0.25) is 5.91 Å². The van der Waals surface area contributed by atoms with Crippen LogP contribution in [0.25, 0.3) is 0 Å². The Balaban J connectivity index is 1.48. The second kappa shape index (κ2) is 11.4. The summed E-state index contributed by atoms with van der Waals surface area (Å²) < 4.78 is 11.3. The number of anilines is 2. The Labute approximate surface area is 231 Å². The average Bonchev–Trinajstić information content (AvgIpc) is 3.51. The third-order valence-electron chi connectivity index (χ3n) is 6.27. The molecule has 4 aromatic rings. The van der Waals surface area contributed by atoms with Crippen molar-refractivity contribution in [3.8, 4) is 0 Å². The second-order valence-electron chi connectivity index (χ2n) is 9.05. The smallest absolute Gasteiger partial charge is 0.250 e. The maximum absolute atomic E-state index is 12.0. The van der Waals surface area contributed by atoms with Crippen molar-refractivity contribution < 1.29 is 13.9 Å². The van der Waals surface area contributed by atoms with Crippen molar-refractivity contribution >= 4 is 46.4 Å². The first kappa shape index (κ1) is 26.0. The molecule has 38 heavy (non-hydrogen) atoms. The predicted molar refractivity (Wildman–Crippen MR) is 154 cm³/mol. The molecule has 0 saturated carbocycles. The molecule has 1 saturated heterocycles. The van der Waals surface area contributed by atoms with Crippen LogP contribution >= 0.6 is 24.0 Å². The van der Waals surface area contributed by atoms with Gasteiger partial charge in [-0.05, 0) is 86.2 Å². The van der Waals surface area contributed by atoms with Gasteiger partial charge in [0, 0.05) is 29.6 Å². The van der Waals surface area contributed by atoms with Gasteiger partial charge >= 0.3 is 0 Å². The molecule has 5 rings (SSSR count). The lowest BCUT2D eigenvalue weighted by molar-refractivity contribution is -0.119. The number of methoxy groups -OCH3 is 1. The van der Waals surface area contributed by atoms with Crippen molar-refractivity contribution in [1.29, 1.82) is 0 Å². The number of ether oxygens (including phenoxy) is 1. The summed E-state index contributed by atoms with van der Waals surface area (Å²) in [6.07, 6.45) is 1.78. The van der Waals surface area contributed by atoms with Gasteiger partial charge in [0.25, 0.3) is 0 Å². The lowest BCUT2D eigenvalue weighted by Crippen LogP contribution is -2.29. The molecule has 7 nitrogen and oxygen atoms in total. The largest absolute Gasteiger partial charge is 0.452 e. The van der Waals surface area contributed by atoms with Crippen molar-refractivity contribution in [2.75, 3.05) is 23.9 Å². The second-order valence-corrected chi connectivity index (χ2v) is 10.5. The first-order valence-corrected chi connectivity index (χ1v) is 13.4. The Morgan fingerprint density at radius 3 is 2.66 bits per heavy atom. The van der Waals surface area contributed by atoms with Crippen molar-refractivity contribution in [2.45, 2.75) is 35.9 Å². The molecule has 1 amide bonds. The molecule has 2 aromatic heterocycles. The monoisotopic (exact) mass is 544 g/mol. The standard InChI is InChI=1S/C29H28N4O3S2/c1-18-7-10-21(11-8-18)38-26-14-13-24(36-26)28-27(23-6-4-5-15-30-23)32-29(37)33(28)20-9-12-22(19(2)16-20)31-25(34)17-35-3/h4-16,27-28H,17H2,1-3H3,(H,31,34)(H,32,37)/t27-,28+/m1/s1. The molecule has 2 atom stereocenters. The molecule has 1 fully saturated rings. The molecule has 1 aliphatic heterocycles.